The van der Waals surface area contributed by atoms with Crippen LogP contribution in [0, 0.1) is 5.82 Å². The number of aromatic nitrogens is 1. The minimum atomic E-state index is -0.283. The standard InChI is InChI=1S/C22H15FN2OS/c23-18-2-4-20-17(12-18)13-21(27-20)22(26)25-10-7-16-11-15(1-3-19(16)25)14-5-8-24-9-6-14/h1-6,8-9,11-13H,7,10H2. The van der Waals surface area contributed by atoms with E-state index in [-0.39, 0.29) is 11.7 Å². The lowest BCUT2D eigenvalue weighted by Gasteiger charge is -2.16. The summed E-state index contributed by atoms with van der Waals surface area (Å²) in [5.74, 6) is -0.304. The Balaban J connectivity index is 1.48. The maximum Gasteiger partial charge on any atom is 0.268 e. The zero-order valence-corrected chi connectivity index (χ0v) is 15.2. The van der Waals surface area contributed by atoms with Gasteiger partial charge < -0.3 is 4.90 Å². The van der Waals surface area contributed by atoms with Crippen molar-refractivity contribution in [2.45, 2.75) is 6.42 Å². The molecule has 0 saturated heterocycles. The summed E-state index contributed by atoms with van der Waals surface area (Å²) in [6.45, 7) is 0.663. The van der Waals surface area contributed by atoms with Crippen LogP contribution in [0.2, 0.25) is 0 Å². The van der Waals surface area contributed by atoms with Gasteiger partial charge in [0.25, 0.3) is 5.91 Å². The number of nitrogens with zero attached hydrogens (tertiary/aromatic N) is 2. The highest BCUT2D eigenvalue weighted by Gasteiger charge is 2.27. The van der Waals surface area contributed by atoms with Crippen LogP contribution in [0.3, 0.4) is 0 Å². The number of hydrogen-bond donors (Lipinski definition) is 0. The Morgan fingerprint density at radius 1 is 1.00 bits per heavy atom. The third-order valence-corrected chi connectivity index (χ3v) is 6.03. The molecule has 3 heterocycles. The van der Waals surface area contributed by atoms with Crippen LogP contribution in [-0.4, -0.2) is 17.4 Å². The number of thiophene rings is 1. The fraction of sp³-hybridized carbons (Fsp3) is 0.0909. The Morgan fingerprint density at radius 3 is 2.70 bits per heavy atom. The van der Waals surface area contributed by atoms with Gasteiger partial charge in [0.2, 0.25) is 0 Å². The lowest BCUT2D eigenvalue weighted by Crippen LogP contribution is -2.28. The third-order valence-electron chi connectivity index (χ3n) is 4.92. The first-order valence-corrected chi connectivity index (χ1v) is 9.55. The average molecular weight is 374 g/mol. The Kier molecular flexibility index (Phi) is 3.76. The second-order valence-corrected chi connectivity index (χ2v) is 7.66. The highest BCUT2D eigenvalue weighted by Crippen LogP contribution is 2.35. The molecule has 5 rings (SSSR count). The van der Waals surface area contributed by atoms with Gasteiger partial charge in [-0.25, -0.2) is 4.39 Å². The van der Waals surface area contributed by atoms with Gasteiger partial charge >= 0.3 is 0 Å². The average Bonchev–Trinajstić information content (AvgIpc) is 3.31. The topological polar surface area (TPSA) is 33.2 Å². The van der Waals surface area contributed by atoms with E-state index in [1.165, 1.54) is 29.0 Å². The number of hydrogen-bond acceptors (Lipinski definition) is 3. The van der Waals surface area contributed by atoms with Crippen LogP contribution in [-0.2, 0) is 6.42 Å². The van der Waals surface area contributed by atoms with Crippen molar-refractivity contribution >= 4 is 33.0 Å². The van der Waals surface area contributed by atoms with Crippen LogP contribution in [0.5, 0.6) is 0 Å². The van der Waals surface area contributed by atoms with Gasteiger partial charge in [0.1, 0.15) is 5.82 Å². The molecule has 132 valence electrons. The predicted molar refractivity (Wildman–Crippen MR) is 107 cm³/mol. The molecule has 0 unspecified atom stereocenters. The molecule has 0 spiro atoms. The summed E-state index contributed by atoms with van der Waals surface area (Å²) >= 11 is 1.41. The number of carbonyl (C=O) groups is 1. The van der Waals surface area contributed by atoms with E-state index in [4.69, 9.17) is 0 Å². The van der Waals surface area contributed by atoms with Gasteiger partial charge in [0, 0.05) is 29.3 Å². The molecule has 0 radical (unpaired) electrons. The number of fused-ring (bicyclic) bond motifs is 2. The summed E-state index contributed by atoms with van der Waals surface area (Å²) in [5, 5.41) is 0.774. The highest BCUT2D eigenvalue weighted by molar-refractivity contribution is 7.20. The summed E-state index contributed by atoms with van der Waals surface area (Å²) in [5.41, 5.74) is 4.37. The lowest BCUT2D eigenvalue weighted by molar-refractivity contribution is 0.0993. The SMILES string of the molecule is O=C(c1cc2cc(F)ccc2s1)N1CCc2cc(-c3ccncc3)ccc21. The van der Waals surface area contributed by atoms with Crippen molar-refractivity contribution in [3.05, 3.63) is 83.2 Å². The Morgan fingerprint density at radius 2 is 1.85 bits per heavy atom. The molecule has 2 aromatic heterocycles. The summed E-state index contributed by atoms with van der Waals surface area (Å²) < 4.78 is 14.4. The highest BCUT2D eigenvalue weighted by atomic mass is 32.1. The predicted octanol–water partition coefficient (Wildman–Crippen LogP) is 5.31. The summed E-state index contributed by atoms with van der Waals surface area (Å²) in [4.78, 5) is 19.6. The van der Waals surface area contributed by atoms with Crippen LogP contribution >= 0.6 is 11.3 Å². The molecule has 0 fully saturated rings. The smallest absolute Gasteiger partial charge is 0.268 e. The van der Waals surface area contributed by atoms with Crippen molar-refractivity contribution in [1.29, 1.82) is 0 Å². The van der Waals surface area contributed by atoms with Crippen LogP contribution in [0.15, 0.2) is 67.0 Å². The molecular formula is C22H15FN2OS. The van der Waals surface area contributed by atoms with Crippen molar-refractivity contribution in [2.75, 3.05) is 11.4 Å². The van der Waals surface area contributed by atoms with Gasteiger partial charge in [-0.2, -0.15) is 0 Å². The normalized spacial score (nSPS) is 13.1. The molecule has 1 aliphatic rings. The van der Waals surface area contributed by atoms with E-state index in [1.807, 2.05) is 29.2 Å². The number of amides is 1. The van der Waals surface area contributed by atoms with Gasteiger partial charge in [-0.3, -0.25) is 9.78 Å². The zero-order valence-electron chi connectivity index (χ0n) is 14.4. The minimum Gasteiger partial charge on any atom is -0.307 e. The molecule has 0 bridgehead atoms. The van der Waals surface area contributed by atoms with Gasteiger partial charge in [-0.15, -0.1) is 11.3 Å². The number of anilines is 1. The van der Waals surface area contributed by atoms with Crippen molar-refractivity contribution in [3.8, 4) is 11.1 Å². The number of pyridine rings is 1. The monoisotopic (exact) mass is 374 g/mol. The first-order chi connectivity index (χ1) is 13.2. The minimum absolute atomic E-state index is 0.0213. The summed E-state index contributed by atoms with van der Waals surface area (Å²) in [6.07, 6.45) is 4.39. The van der Waals surface area contributed by atoms with Crippen LogP contribution in [0.25, 0.3) is 21.2 Å². The van der Waals surface area contributed by atoms with E-state index in [0.29, 0.717) is 11.4 Å². The number of carbonyl (C=O) groups excluding carboxylic acids is 1. The second kappa shape index (κ2) is 6.28. The lowest BCUT2D eigenvalue weighted by atomic mass is 10.0. The van der Waals surface area contributed by atoms with E-state index >= 15 is 0 Å². The summed E-state index contributed by atoms with van der Waals surface area (Å²) in [7, 11) is 0. The molecule has 0 aliphatic carbocycles. The van der Waals surface area contributed by atoms with E-state index in [0.717, 1.165) is 33.3 Å². The molecule has 1 amide bonds. The Bertz CT molecular complexity index is 1170. The van der Waals surface area contributed by atoms with Gasteiger partial charge in [-0.1, -0.05) is 6.07 Å². The van der Waals surface area contributed by atoms with Gasteiger partial charge in [0.05, 0.1) is 4.88 Å². The van der Waals surface area contributed by atoms with Crippen LogP contribution < -0.4 is 4.90 Å². The van der Waals surface area contributed by atoms with E-state index < -0.39 is 0 Å². The molecule has 27 heavy (non-hydrogen) atoms. The number of rotatable bonds is 2. The molecule has 3 nitrogen and oxygen atoms in total. The second-order valence-electron chi connectivity index (χ2n) is 6.58. The Labute approximate surface area is 159 Å². The van der Waals surface area contributed by atoms with E-state index in [9.17, 15) is 9.18 Å². The van der Waals surface area contributed by atoms with E-state index in [1.54, 1.807) is 24.5 Å². The van der Waals surface area contributed by atoms with Crippen molar-refractivity contribution in [1.82, 2.24) is 4.98 Å². The molecule has 0 saturated carbocycles. The Hall–Kier alpha value is -3.05. The largest absolute Gasteiger partial charge is 0.307 e. The fourth-order valence-electron chi connectivity index (χ4n) is 3.59. The van der Waals surface area contributed by atoms with Gasteiger partial charge in [-0.05, 0) is 77.0 Å². The summed E-state index contributed by atoms with van der Waals surface area (Å²) in [6, 6.07) is 16.6. The van der Waals surface area contributed by atoms with Crippen molar-refractivity contribution < 1.29 is 9.18 Å². The van der Waals surface area contributed by atoms with Gasteiger partial charge in [0.15, 0.2) is 0 Å². The molecule has 4 aromatic rings. The van der Waals surface area contributed by atoms with Crippen molar-refractivity contribution in [2.24, 2.45) is 0 Å². The van der Waals surface area contributed by atoms with Crippen LogP contribution in [0.1, 0.15) is 15.2 Å². The zero-order chi connectivity index (χ0) is 18.4. The molecule has 5 heteroatoms. The van der Waals surface area contributed by atoms with Crippen molar-refractivity contribution in [3.63, 3.8) is 0 Å². The molecule has 0 N–H and O–H groups in total. The maximum atomic E-state index is 13.4. The first-order valence-electron chi connectivity index (χ1n) is 8.73. The maximum absolute atomic E-state index is 13.4. The third kappa shape index (κ3) is 2.80. The quantitative estimate of drug-likeness (QED) is 0.477. The van der Waals surface area contributed by atoms with Crippen LogP contribution in [0.4, 0.5) is 10.1 Å². The number of halogens is 1. The number of benzene rings is 2. The molecule has 2 aromatic carbocycles. The van der Waals surface area contributed by atoms with E-state index in [2.05, 4.69) is 11.1 Å². The molecule has 0 atom stereocenters. The molecule has 1 aliphatic heterocycles. The fourth-order valence-corrected chi connectivity index (χ4v) is 4.58. The first kappa shape index (κ1) is 16.1. The molecular weight excluding hydrogens is 359 g/mol.